The maximum absolute atomic E-state index is 7.49. The Morgan fingerprint density at radius 1 is 0.450 bits per heavy atom. The Morgan fingerprint density at radius 3 is 1.12 bits per heavy atom. The fourth-order valence-electron chi connectivity index (χ4n) is 11.3. The maximum atomic E-state index is 7.49. The van der Waals surface area contributed by atoms with E-state index in [1.807, 2.05) is 0 Å². The summed E-state index contributed by atoms with van der Waals surface area (Å²) in [6.07, 6.45) is 38.8. The van der Waals surface area contributed by atoms with E-state index in [1.165, 1.54) is 173 Å². The van der Waals surface area contributed by atoms with Crippen LogP contribution in [0.3, 0.4) is 0 Å². The summed E-state index contributed by atoms with van der Waals surface area (Å²) in [5, 5.41) is 0. The van der Waals surface area contributed by atoms with Crippen LogP contribution in [-0.4, -0.2) is 4.33 Å². The summed E-state index contributed by atoms with van der Waals surface area (Å²) < 4.78 is -0.456. The summed E-state index contributed by atoms with van der Waals surface area (Å²) in [5.41, 5.74) is 0.484. The van der Waals surface area contributed by atoms with E-state index in [0.717, 1.165) is 35.5 Å². The van der Waals surface area contributed by atoms with Crippen LogP contribution in [-0.2, 0) is 0 Å². The molecule has 0 amide bonds. The third kappa shape index (κ3) is 6.94. The van der Waals surface area contributed by atoms with E-state index >= 15 is 0 Å². The third-order valence-corrected chi connectivity index (χ3v) is 15.6. The highest BCUT2D eigenvalue weighted by molar-refractivity contribution is 6.50. The van der Waals surface area contributed by atoms with Crippen molar-refractivity contribution < 1.29 is 0 Å². The average Bonchev–Trinajstić information content (AvgIpc) is 2.99. The van der Waals surface area contributed by atoms with Crippen molar-refractivity contribution in [2.45, 2.75) is 192 Å². The van der Waals surface area contributed by atoms with Crippen molar-refractivity contribution in [2.24, 2.45) is 46.3 Å². The zero-order valence-corrected chi connectivity index (χ0v) is 28.3. The molecule has 2 spiro atoms. The molecule has 0 aromatic rings. The summed E-state index contributed by atoms with van der Waals surface area (Å²) in [5.74, 6) is 6.00. The molecule has 0 radical (unpaired) electrons. The van der Waals surface area contributed by atoms with Gasteiger partial charge in [-0.15, -0.1) is 23.2 Å². The van der Waals surface area contributed by atoms with Gasteiger partial charge in [0.2, 0.25) is 0 Å². The first-order valence-corrected chi connectivity index (χ1v) is 19.6. The van der Waals surface area contributed by atoms with E-state index in [9.17, 15) is 0 Å². The van der Waals surface area contributed by atoms with Gasteiger partial charge in [-0.3, -0.25) is 0 Å². The second-order valence-electron chi connectivity index (χ2n) is 16.2. The molecule has 5 rings (SSSR count). The molecule has 5 aliphatic carbocycles. The quantitative estimate of drug-likeness (QED) is 0.156. The van der Waals surface area contributed by atoms with Crippen LogP contribution < -0.4 is 0 Å². The fraction of sp³-hybridized carbons (Fsp3) is 1.00. The smallest absolute Gasteiger partial charge is 0.100 e. The molecule has 0 heterocycles. The van der Waals surface area contributed by atoms with Crippen molar-refractivity contribution in [1.82, 2.24) is 0 Å². The third-order valence-electron chi connectivity index (χ3n) is 14.0. The van der Waals surface area contributed by atoms with Crippen LogP contribution in [0.5, 0.6) is 0 Å². The SMILES string of the molecule is CCCCCCC1CCC(C2CC[C@]3(CC2)C[C@@]2(CC[C@H](C4CCC(CCCCCC)CC4)CC2)C3(Cl)Cl)CC1. The highest BCUT2D eigenvalue weighted by atomic mass is 35.5. The second-order valence-corrected chi connectivity index (χ2v) is 17.6. The zero-order valence-electron chi connectivity index (χ0n) is 26.8. The Morgan fingerprint density at radius 2 is 0.800 bits per heavy atom. The highest BCUT2D eigenvalue weighted by Gasteiger charge is 2.72. The predicted octanol–water partition coefficient (Wildman–Crippen LogP) is 13.5. The lowest BCUT2D eigenvalue weighted by atomic mass is 9.42. The lowest BCUT2D eigenvalue weighted by Gasteiger charge is -2.69. The predicted molar refractivity (Wildman–Crippen MR) is 176 cm³/mol. The molecule has 0 saturated heterocycles. The molecular formula is C38H66Cl2. The summed E-state index contributed by atoms with van der Waals surface area (Å²) >= 11 is 15.0. The van der Waals surface area contributed by atoms with E-state index in [-0.39, 0.29) is 10.8 Å². The molecule has 2 heteroatoms. The zero-order chi connectivity index (χ0) is 28.1. The number of rotatable bonds is 12. The molecule has 232 valence electrons. The second kappa shape index (κ2) is 14.6. The van der Waals surface area contributed by atoms with E-state index in [4.69, 9.17) is 23.2 Å². The first-order valence-electron chi connectivity index (χ1n) is 18.8. The van der Waals surface area contributed by atoms with Gasteiger partial charge in [-0.05, 0) is 119 Å². The van der Waals surface area contributed by atoms with Gasteiger partial charge in [0.15, 0.2) is 0 Å². The van der Waals surface area contributed by atoms with Crippen molar-refractivity contribution in [3.63, 3.8) is 0 Å². The average molecular weight is 594 g/mol. The van der Waals surface area contributed by atoms with E-state index in [1.54, 1.807) is 0 Å². The molecule has 0 unspecified atom stereocenters. The maximum Gasteiger partial charge on any atom is 0.129 e. The van der Waals surface area contributed by atoms with Crippen LogP contribution >= 0.6 is 23.2 Å². The molecule has 5 aliphatic rings. The van der Waals surface area contributed by atoms with E-state index in [0.29, 0.717) is 0 Å². The first-order chi connectivity index (χ1) is 19.4. The highest BCUT2D eigenvalue weighted by Crippen LogP contribution is 2.77. The van der Waals surface area contributed by atoms with Crippen LogP contribution in [0.4, 0.5) is 0 Å². The van der Waals surface area contributed by atoms with Gasteiger partial charge in [-0.1, -0.05) is 104 Å². The molecule has 40 heavy (non-hydrogen) atoms. The number of hydrogen-bond donors (Lipinski definition) is 0. The summed E-state index contributed by atoms with van der Waals surface area (Å²) in [7, 11) is 0. The molecule has 0 aromatic carbocycles. The molecule has 0 bridgehead atoms. The molecule has 0 N–H and O–H groups in total. The van der Waals surface area contributed by atoms with Gasteiger partial charge in [0.1, 0.15) is 4.33 Å². The molecular weight excluding hydrogens is 527 g/mol. The van der Waals surface area contributed by atoms with Crippen molar-refractivity contribution in [3.8, 4) is 0 Å². The van der Waals surface area contributed by atoms with Crippen LogP contribution in [0.1, 0.15) is 187 Å². The summed E-state index contributed by atoms with van der Waals surface area (Å²) in [4.78, 5) is 0. The Hall–Kier alpha value is 0.580. The van der Waals surface area contributed by atoms with Crippen molar-refractivity contribution in [3.05, 3.63) is 0 Å². The fourth-order valence-corrected chi connectivity index (χ4v) is 12.3. The summed E-state index contributed by atoms with van der Waals surface area (Å²) in [6, 6.07) is 0. The molecule has 5 saturated carbocycles. The lowest BCUT2D eigenvalue weighted by Crippen LogP contribution is -2.66. The Bertz CT molecular complexity index is 665. The van der Waals surface area contributed by atoms with Crippen LogP contribution in [0.2, 0.25) is 0 Å². The van der Waals surface area contributed by atoms with Gasteiger partial charge in [-0.2, -0.15) is 0 Å². The minimum absolute atomic E-state index is 0.242. The number of unbranched alkanes of at least 4 members (excludes halogenated alkanes) is 6. The summed E-state index contributed by atoms with van der Waals surface area (Å²) in [6.45, 7) is 4.66. The molecule has 5 fully saturated rings. The van der Waals surface area contributed by atoms with Gasteiger partial charge in [-0.25, -0.2) is 0 Å². The Labute approximate surface area is 260 Å². The van der Waals surface area contributed by atoms with Gasteiger partial charge in [0.05, 0.1) is 0 Å². The van der Waals surface area contributed by atoms with E-state index < -0.39 is 4.33 Å². The Balaban J connectivity index is 1.01. The van der Waals surface area contributed by atoms with Gasteiger partial charge in [0.25, 0.3) is 0 Å². The minimum atomic E-state index is -0.456. The number of alkyl halides is 2. The number of hydrogen-bond acceptors (Lipinski definition) is 0. The van der Waals surface area contributed by atoms with Gasteiger partial charge < -0.3 is 0 Å². The molecule has 0 nitrogen and oxygen atoms in total. The van der Waals surface area contributed by atoms with Crippen molar-refractivity contribution >= 4 is 23.2 Å². The van der Waals surface area contributed by atoms with Gasteiger partial charge in [0, 0.05) is 10.8 Å². The molecule has 0 aliphatic heterocycles. The van der Waals surface area contributed by atoms with Crippen molar-refractivity contribution in [2.75, 3.05) is 0 Å². The lowest BCUT2D eigenvalue weighted by molar-refractivity contribution is -0.122. The molecule has 0 atom stereocenters. The normalized spacial score (nSPS) is 41.7. The monoisotopic (exact) mass is 592 g/mol. The Kier molecular flexibility index (Phi) is 11.7. The van der Waals surface area contributed by atoms with Crippen LogP contribution in [0.15, 0.2) is 0 Å². The topological polar surface area (TPSA) is 0 Å². The van der Waals surface area contributed by atoms with Gasteiger partial charge >= 0.3 is 0 Å². The largest absolute Gasteiger partial charge is 0.129 e. The van der Waals surface area contributed by atoms with Crippen LogP contribution in [0.25, 0.3) is 0 Å². The van der Waals surface area contributed by atoms with Crippen molar-refractivity contribution in [1.29, 1.82) is 0 Å². The van der Waals surface area contributed by atoms with Crippen LogP contribution in [0, 0.1) is 46.3 Å². The molecule has 0 aromatic heterocycles. The van der Waals surface area contributed by atoms with E-state index in [2.05, 4.69) is 13.8 Å². The first kappa shape index (κ1) is 32.0. The number of halogens is 2. The minimum Gasteiger partial charge on any atom is -0.100 e. The standard InChI is InChI=1S/C38H66Cl2/c1-3-5-7-9-11-30-13-17-32(18-14-30)34-21-25-36(26-22-34)29-37(38(36,39)40)27-23-35(24-28-37)33-19-15-31(16-20-33)12-10-8-6-4-2/h30-35H,3-29H2,1-2H3/t30?,31?,32?,33?,34-,35?,36-,37-.